The summed E-state index contributed by atoms with van der Waals surface area (Å²) in [6.07, 6.45) is 4.56. The minimum absolute atomic E-state index is 0.0211. The Morgan fingerprint density at radius 2 is 2.05 bits per heavy atom. The van der Waals surface area contributed by atoms with Crippen LogP contribution in [0, 0.1) is 0 Å². The molecule has 0 radical (unpaired) electrons. The normalized spacial score (nSPS) is 24.7. The molecule has 1 aromatic heterocycles. The molecule has 2 saturated heterocycles. The van der Waals surface area contributed by atoms with Gasteiger partial charge in [-0.15, -0.1) is 5.10 Å². The fraction of sp³-hybridized carbons (Fsp3) is 0.846. The molecule has 0 aliphatic carbocycles. The minimum atomic E-state index is -0.0211. The number of thioether (sulfide) groups is 1. The quantitative estimate of drug-likeness (QED) is 0.717. The van der Waals surface area contributed by atoms with E-state index in [4.69, 9.17) is 9.47 Å². The number of rotatable bonds is 7. The smallest absolute Gasteiger partial charge is 0.230 e. The molecule has 0 spiro atoms. The first-order valence-electron chi connectivity index (χ1n) is 7.70. The lowest BCUT2D eigenvalue weighted by molar-refractivity contribution is -0.119. The fourth-order valence-corrected chi connectivity index (χ4v) is 3.33. The van der Waals surface area contributed by atoms with Crippen molar-refractivity contribution in [3.8, 4) is 0 Å². The Balaban J connectivity index is 1.40. The largest absolute Gasteiger partial charge is 0.376 e. The summed E-state index contributed by atoms with van der Waals surface area (Å²) in [6, 6.07) is 0. The summed E-state index contributed by atoms with van der Waals surface area (Å²) in [5.41, 5.74) is 0. The van der Waals surface area contributed by atoms with Crippen LogP contribution in [0.5, 0.6) is 0 Å². The van der Waals surface area contributed by atoms with Gasteiger partial charge in [0.15, 0.2) is 0 Å². The van der Waals surface area contributed by atoms with Gasteiger partial charge in [-0.05, 0) is 36.1 Å². The van der Waals surface area contributed by atoms with Crippen LogP contribution in [0.4, 0.5) is 0 Å². The summed E-state index contributed by atoms with van der Waals surface area (Å²) in [6.45, 7) is 2.83. The van der Waals surface area contributed by atoms with Gasteiger partial charge in [0.2, 0.25) is 11.1 Å². The van der Waals surface area contributed by atoms with Crippen molar-refractivity contribution in [2.45, 2.75) is 49.6 Å². The van der Waals surface area contributed by atoms with E-state index in [-0.39, 0.29) is 18.1 Å². The number of ether oxygens (including phenoxy) is 2. The predicted octanol–water partition coefficient (Wildman–Crippen LogP) is 0.239. The maximum Gasteiger partial charge on any atom is 0.230 e. The van der Waals surface area contributed by atoms with Gasteiger partial charge in [-0.3, -0.25) is 4.79 Å². The van der Waals surface area contributed by atoms with Crippen molar-refractivity contribution in [3.63, 3.8) is 0 Å². The number of hydrogen-bond acceptors (Lipinski definition) is 7. The molecule has 2 aliphatic rings. The minimum Gasteiger partial charge on any atom is -0.376 e. The SMILES string of the molecule is O=C(CSc1nnnn1C[C@H]1CCCO1)NC[C@@H]1CCCO1. The third-order valence-corrected chi connectivity index (χ3v) is 4.74. The van der Waals surface area contributed by atoms with E-state index in [2.05, 4.69) is 20.8 Å². The van der Waals surface area contributed by atoms with Crippen molar-refractivity contribution in [1.29, 1.82) is 0 Å². The second kappa shape index (κ2) is 7.89. The molecular formula is C13H21N5O3S. The number of nitrogens with one attached hydrogen (secondary N) is 1. The van der Waals surface area contributed by atoms with Crippen LogP contribution in [0.1, 0.15) is 25.7 Å². The third kappa shape index (κ3) is 4.40. The molecule has 2 fully saturated rings. The molecule has 1 amide bonds. The first kappa shape index (κ1) is 15.7. The molecule has 122 valence electrons. The lowest BCUT2D eigenvalue weighted by Crippen LogP contribution is -2.33. The fourth-order valence-electron chi connectivity index (χ4n) is 2.61. The summed E-state index contributed by atoms with van der Waals surface area (Å²) in [4.78, 5) is 11.9. The molecule has 9 heteroatoms. The molecule has 0 bridgehead atoms. The summed E-state index contributed by atoms with van der Waals surface area (Å²) in [5.74, 6) is 0.283. The summed E-state index contributed by atoms with van der Waals surface area (Å²) >= 11 is 1.35. The lowest BCUT2D eigenvalue weighted by Gasteiger charge is -2.11. The van der Waals surface area contributed by atoms with Gasteiger partial charge in [0, 0.05) is 19.8 Å². The van der Waals surface area contributed by atoms with Gasteiger partial charge in [0.25, 0.3) is 0 Å². The van der Waals surface area contributed by atoms with Crippen LogP contribution in [0.3, 0.4) is 0 Å². The zero-order chi connectivity index (χ0) is 15.2. The molecule has 1 N–H and O–H groups in total. The molecule has 3 heterocycles. The van der Waals surface area contributed by atoms with Crippen molar-refractivity contribution in [3.05, 3.63) is 0 Å². The Morgan fingerprint density at radius 1 is 1.27 bits per heavy atom. The molecule has 2 aliphatic heterocycles. The number of carbonyl (C=O) groups is 1. The van der Waals surface area contributed by atoms with Crippen LogP contribution in [0.15, 0.2) is 5.16 Å². The van der Waals surface area contributed by atoms with Crippen LogP contribution in [0.25, 0.3) is 0 Å². The topological polar surface area (TPSA) is 91.2 Å². The van der Waals surface area contributed by atoms with E-state index in [0.29, 0.717) is 24.0 Å². The highest BCUT2D eigenvalue weighted by atomic mass is 32.2. The van der Waals surface area contributed by atoms with E-state index in [1.165, 1.54) is 11.8 Å². The Hall–Kier alpha value is -1.19. The zero-order valence-corrected chi connectivity index (χ0v) is 13.3. The van der Waals surface area contributed by atoms with E-state index < -0.39 is 0 Å². The molecule has 3 rings (SSSR count). The monoisotopic (exact) mass is 327 g/mol. The van der Waals surface area contributed by atoms with Crippen molar-refractivity contribution >= 4 is 17.7 Å². The molecule has 2 atom stereocenters. The van der Waals surface area contributed by atoms with Crippen molar-refractivity contribution in [2.24, 2.45) is 0 Å². The highest BCUT2D eigenvalue weighted by Crippen LogP contribution is 2.18. The predicted molar refractivity (Wildman–Crippen MR) is 79.5 cm³/mol. The number of hydrogen-bond donors (Lipinski definition) is 1. The van der Waals surface area contributed by atoms with Crippen LogP contribution < -0.4 is 5.32 Å². The Bertz CT molecular complexity index is 486. The van der Waals surface area contributed by atoms with Crippen molar-refractivity contribution in [2.75, 3.05) is 25.5 Å². The Kier molecular flexibility index (Phi) is 5.63. The van der Waals surface area contributed by atoms with Crippen molar-refractivity contribution < 1.29 is 14.3 Å². The van der Waals surface area contributed by atoms with E-state index >= 15 is 0 Å². The molecule has 8 nitrogen and oxygen atoms in total. The zero-order valence-electron chi connectivity index (χ0n) is 12.4. The summed E-state index contributed by atoms with van der Waals surface area (Å²) < 4.78 is 12.8. The number of aromatic nitrogens is 4. The Labute approximate surface area is 133 Å². The second-order valence-electron chi connectivity index (χ2n) is 5.51. The second-order valence-corrected chi connectivity index (χ2v) is 6.45. The highest BCUT2D eigenvalue weighted by molar-refractivity contribution is 7.99. The first-order valence-corrected chi connectivity index (χ1v) is 8.68. The number of carbonyl (C=O) groups excluding carboxylic acids is 1. The number of nitrogens with zero attached hydrogens (tertiary/aromatic N) is 4. The van der Waals surface area contributed by atoms with Gasteiger partial charge in [0.1, 0.15) is 0 Å². The van der Waals surface area contributed by atoms with Crippen molar-refractivity contribution in [1.82, 2.24) is 25.5 Å². The van der Waals surface area contributed by atoms with E-state index in [1.807, 2.05) is 0 Å². The third-order valence-electron chi connectivity index (χ3n) is 3.78. The number of tetrazole rings is 1. The average Bonchev–Trinajstić information content (AvgIpc) is 3.26. The highest BCUT2D eigenvalue weighted by Gasteiger charge is 2.20. The average molecular weight is 327 g/mol. The maximum absolute atomic E-state index is 11.9. The van der Waals surface area contributed by atoms with Gasteiger partial charge in [-0.2, -0.15) is 0 Å². The van der Waals surface area contributed by atoms with E-state index in [9.17, 15) is 4.79 Å². The molecule has 0 saturated carbocycles. The van der Waals surface area contributed by atoms with Gasteiger partial charge >= 0.3 is 0 Å². The molecule has 1 aromatic rings. The van der Waals surface area contributed by atoms with Gasteiger partial charge in [-0.1, -0.05) is 11.8 Å². The Morgan fingerprint density at radius 3 is 2.77 bits per heavy atom. The van der Waals surface area contributed by atoms with Gasteiger partial charge < -0.3 is 14.8 Å². The van der Waals surface area contributed by atoms with Crippen LogP contribution in [-0.4, -0.2) is 63.8 Å². The standard InChI is InChI=1S/C13H21N5O3S/c19-12(14-7-10-3-1-5-20-10)9-22-13-15-16-17-18(13)8-11-4-2-6-21-11/h10-11H,1-9H2,(H,14,19)/t10-,11+/m0/s1. The first-order chi connectivity index (χ1) is 10.8. The molecule has 0 aromatic carbocycles. The summed E-state index contributed by atoms with van der Waals surface area (Å²) in [5, 5.41) is 15.2. The van der Waals surface area contributed by atoms with Gasteiger partial charge in [-0.25, -0.2) is 4.68 Å². The van der Waals surface area contributed by atoms with Gasteiger partial charge in [0.05, 0.1) is 24.5 Å². The van der Waals surface area contributed by atoms with E-state index in [1.54, 1.807) is 4.68 Å². The van der Waals surface area contributed by atoms with Crippen LogP contribution >= 0.6 is 11.8 Å². The molecule has 22 heavy (non-hydrogen) atoms. The molecule has 0 unspecified atom stereocenters. The van der Waals surface area contributed by atoms with E-state index in [0.717, 1.165) is 38.9 Å². The molecular weight excluding hydrogens is 306 g/mol. The lowest BCUT2D eigenvalue weighted by atomic mass is 10.2. The summed E-state index contributed by atoms with van der Waals surface area (Å²) in [7, 11) is 0. The van der Waals surface area contributed by atoms with Crippen LogP contribution in [0.2, 0.25) is 0 Å². The van der Waals surface area contributed by atoms with Crippen LogP contribution in [-0.2, 0) is 20.8 Å². The maximum atomic E-state index is 11.9. The number of amides is 1.